The molecule has 0 aliphatic heterocycles. The summed E-state index contributed by atoms with van der Waals surface area (Å²) in [4.78, 5) is 37.3. The second-order valence-electron chi connectivity index (χ2n) is 7.37. The lowest BCUT2D eigenvalue weighted by molar-refractivity contribution is -0.143. The summed E-state index contributed by atoms with van der Waals surface area (Å²) in [5, 5.41) is 4.13. The summed E-state index contributed by atoms with van der Waals surface area (Å²) in [6.45, 7) is 2.74. The molecule has 0 aliphatic carbocycles. The number of rotatable bonds is 11. The summed E-state index contributed by atoms with van der Waals surface area (Å²) in [5.74, 6) is 1.05. The van der Waals surface area contributed by atoms with E-state index in [1.54, 1.807) is 42.8 Å². The van der Waals surface area contributed by atoms with Crippen LogP contribution in [0, 0.1) is 0 Å². The largest absolute Gasteiger partial charge is 0.463 e. The van der Waals surface area contributed by atoms with Crippen LogP contribution in [0.1, 0.15) is 43.2 Å². The zero-order valence-electron chi connectivity index (χ0n) is 18.0. The maximum absolute atomic E-state index is 12.1. The predicted octanol–water partition coefficient (Wildman–Crippen LogP) is 4.87. The van der Waals surface area contributed by atoms with Crippen molar-refractivity contribution in [3.63, 3.8) is 0 Å². The summed E-state index contributed by atoms with van der Waals surface area (Å²) >= 11 is 1.57. The molecule has 1 unspecified atom stereocenters. The quantitative estimate of drug-likeness (QED) is 0.411. The average molecular weight is 457 g/mol. The number of halogens is 1. The number of thiazole rings is 1. The number of ether oxygens (including phenoxy) is 1. The number of pyridine rings is 2. The Hall–Kier alpha value is -3.20. The van der Waals surface area contributed by atoms with Gasteiger partial charge in [-0.2, -0.15) is 0 Å². The number of nitrogens with one attached hydrogen (secondary N) is 1. The molecule has 9 heteroatoms. The van der Waals surface area contributed by atoms with Gasteiger partial charge in [-0.3, -0.25) is 4.79 Å². The number of alkyl halides is 1. The Balaban J connectivity index is 1.68. The van der Waals surface area contributed by atoms with Gasteiger partial charge in [0.25, 0.3) is 0 Å². The van der Waals surface area contributed by atoms with Crippen molar-refractivity contribution < 1.29 is 18.7 Å². The topological polar surface area (TPSA) is 94.1 Å². The van der Waals surface area contributed by atoms with Crippen LogP contribution in [0.15, 0.2) is 42.7 Å². The molecule has 0 saturated carbocycles. The van der Waals surface area contributed by atoms with E-state index < -0.39 is 12.6 Å². The van der Waals surface area contributed by atoms with Crippen molar-refractivity contribution in [2.24, 2.45) is 0 Å². The van der Waals surface area contributed by atoms with Gasteiger partial charge in [-0.25, -0.2) is 19.3 Å². The molecule has 168 valence electrons. The van der Waals surface area contributed by atoms with Crippen molar-refractivity contribution in [2.75, 3.05) is 18.6 Å². The summed E-state index contributed by atoms with van der Waals surface area (Å²) in [6, 6.07) is 9.06. The van der Waals surface area contributed by atoms with Gasteiger partial charge in [-0.15, -0.1) is 11.3 Å². The summed E-state index contributed by atoms with van der Waals surface area (Å²) in [7, 11) is 0. The lowest BCUT2D eigenvalue weighted by Crippen LogP contribution is -2.10. The highest BCUT2D eigenvalue weighted by Crippen LogP contribution is 2.31. The van der Waals surface area contributed by atoms with E-state index in [0.29, 0.717) is 23.6 Å². The van der Waals surface area contributed by atoms with Gasteiger partial charge < -0.3 is 14.8 Å². The monoisotopic (exact) mass is 456 g/mol. The zero-order valence-corrected chi connectivity index (χ0v) is 18.8. The standard InChI is InChI=1S/C23H25FN4O3S/c1-15(6-7-16(2)29)23-26-14-19(32-23)18-4-3-5-20(27-18)28-21-12-17(8-10-25-21)13-22(30)31-11-9-24/h3-5,8,10,12,14-15H,6-7,9,11,13H2,1-2H3,(H,25,27,28). The summed E-state index contributed by atoms with van der Waals surface area (Å²) in [6.07, 6.45) is 4.75. The molecule has 0 bridgehead atoms. The minimum Gasteiger partial charge on any atom is -0.463 e. The minimum atomic E-state index is -0.699. The first kappa shape index (κ1) is 23.5. The van der Waals surface area contributed by atoms with Crippen LogP contribution < -0.4 is 5.32 Å². The maximum atomic E-state index is 12.1. The molecule has 7 nitrogen and oxygen atoms in total. The third kappa shape index (κ3) is 6.91. The van der Waals surface area contributed by atoms with Gasteiger partial charge in [0.15, 0.2) is 0 Å². The van der Waals surface area contributed by atoms with Gasteiger partial charge in [0.05, 0.1) is 22.0 Å². The maximum Gasteiger partial charge on any atom is 0.310 e. The molecule has 3 aromatic rings. The molecule has 0 amide bonds. The second kappa shape index (κ2) is 11.4. The fraction of sp³-hybridized carbons (Fsp3) is 0.348. The molecule has 0 fully saturated rings. The Bertz CT molecular complexity index is 1070. The molecule has 0 spiro atoms. The summed E-state index contributed by atoms with van der Waals surface area (Å²) < 4.78 is 16.9. The van der Waals surface area contributed by atoms with E-state index in [2.05, 4.69) is 27.2 Å². The number of aromatic nitrogens is 3. The van der Waals surface area contributed by atoms with Crippen molar-refractivity contribution in [1.82, 2.24) is 15.0 Å². The molecule has 1 atom stereocenters. The lowest BCUT2D eigenvalue weighted by Gasteiger charge is -2.08. The van der Waals surface area contributed by atoms with E-state index >= 15 is 0 Å². The molecule has 32 heavy (non-hydrogen) atoms. The third-order valence-corrected chi connectivity index (χ3v) is 5.90. The van der Waals surface area contributed by atoms with E-state index in [0.717, 1.165) is 22.0 Å². The molecule has 0 saturated heterocycles. The molecule has 1 N–H and O–H groups in total. The molecule has 3 rings (SSSR count). The first-order valence-electron chi connectivity index (χ1n) is 10.3. The molecular formula is C23H25FN4O3S. The number of nitrogens with zero attached hydrogens (tertiary/aromatic N) is 3. The van der Waals surface area contributed by atoms with Crippen molar-refractivity contribution in [3.8, 4) is 10.6 Å². The Morgan fingerprint density at radius 1 is 1.22 bits per heavy atom. The Labute approximate surface area is 190 Å². The van der Waals surface area contributed by atoms with Crippen LogP contribution in [0.4, 0.5) is 16.0 Å². The normalized spacial score (nSPS) is 11.7. The number of anilines is 2. The number of carbonyl (C=O) groups is 2. The molecule has 0 aromatic carbocycles. The summed E-state index contributed by atoms with van der Waals surface area (Å²) in [5.41, 5.74) is 1.48. The Morgan fingerprint density at radius 3 is 2.84 bits per heavy atom. The number of hydrogen-bond acceptors (Lipinski definition) is 8. The van der Waals surface area contributed by atoms with E-state index in [1.165, 1.54) is 0 Å². The lowest BCUT2D eigenvalue weighted by atomic mass is 10.1. The zero-order chi connectivity index (χ0) is 22.9. The molecule has 3 heterocycles. The number of hydrogen-bond donors (Lipinski definition) is 1. The van der Waals surface area contributed by atoms with Gasteiger partial charge in [0, 0.05) is 24.7 Å². The van der Waals surface area contributed by atoms with Gasteiger partial charge in [-0.05, 0) is 43.2 Å². The van der Waals surface area contributed by atoms with Gasteiger partial charge in [-0.1, -0.05) is 13.0 Å². The second-order valence-corrected chi connectivity index (χ2v) is 8.44. The molecule has 0 radical (unpaired) electrons. The van der Waals surface area contributed by atoms with Crippen molar-refractivity contribution >= 4 is 34.7 Å². The van der Waals surface area contributed by atoms with Crippen LogP contribution in [0.3, 0.4) is 0 Å². The van der Waals surface area contributed by atoms with Crippen LogP contribution in [0.25, 0.3) is 10.6 Å². The molecule has 0 aliphatic rings. The van der Waals surface area contributed by atoms with E-state index in [1.807, 2.05) is 18.2 Å². The highest BCUT2D eigenvalue weighted by atomic mass is 32.1. The van der Waals surface area contributed by atoms with E-state index in [9.17, 15) is 14.0 Å². The van der Waals surface area contributed by atoms with Gasteiger partial charge in [0.2, 0.25) is 0 Å². The van der Waals surface area contributed by atoms with Gasteiger partial charge in [0.1, 0.15) is 30.7 Å². The van der Waals surface area contributed by atoms with Crippen LogP contribution in [0.5, 0.6) is 0 Å². The smallest absolute Gasteiger partial charge is 0.310 e. The third-order valence-electron chi connectivity index (χ3n) is 4.65. The van der Waals surface area contributed by atoms with Crippen LogP contribution in [-0.2, 0) is 20.7 Å². The highest BCUT2D eigenvalue weighted by Gasteiger charge is 2.13. The fourth-order valence-electron chi connectivity index (χ4n) is 2.97. The molecular weight excluding hydrogens is 431 g/mol. The number of Topliss-reactive ketones (excluding diaryl/α,β-unsaturated/α-hetero) is 1. The minimum absolute atomic E-state index is 0.0378. The highest BCUT2D eigenvalue weighted by molar-refractivity contribution is 7.15. The first-order valence-corrected chi connectivity index (χ1v) is 11.1. The number of ketones is 1. The Kier molecular flexibility index (Phi) is 8.38. The van der Waals surface area contributed by atoms with Crippen LogP contribution in [-0.4, -0.2) is 40.0 Å². The van der Waals surface area contributed by atoms with Crippen LogP contribution in [0.2, 0.25) is 0 Å². The van der Waals surface area contributed by atoms with E-state index in [-0.39, 0.29) is 24.7 Å². The number of carbonyl (C=O) groups excluding carboxylic acids is 2. The Morgan fingerprint density at radius 2 is 2.06 bits per heavy atom. The van der Waals surface area contributed by atoms with Crippen molar-refractivity contribution in [2.45, 2.75) is 39.0 Å². The van der Waals surface area contributed by atoms with Crippen molar-refractivity contribution in [1.29, 1.82) is 0 Å². The fourth-order valence-corrected chi connectivity index (χ4v) is 3.95. The first-order chi connectivity index (χ1) is 15.4. The van der Waals surface area contributed by atoms with Gasteiger partial charge >= 0.3 is 5.97 Å². The SMILES string of the molecule is CC(=O)CCC(C)c1ncc(-c2cccc(Nc3cc(CC(=O)OCCF)ccn3)n2)s1. The molecule has 3 aromatic heterocycles. The van der Waals surface area contributed by atoms with Crippen molar-refractivity contribution in [3.05, 3.63) is 53.3 Å². The van der Waals surface area contributed by atoms with E-state index in [4.69, 9.17) is 4.74 Å². The van der Waals surface area contributed by atoms with Crippen LogP contribution >= 0.6 is 11.3 Å². The number of esters is 1. The average Bonchev–Trinajstić information content (AvgIpc) is 3.27. The predicted molar refractivity (Wildman–Crippen MR) is 122 cm³/mol.